The molecule has 0 fully saturated rings. The SMILES string of the molecule is CCOC(=O)C(C(=O)OC)c1c(Br)cncc1[N+](=O)[O-].Cc1c(Br)cncc1[N+](=O)[O-]. The molecule has 2 aromatic heterocycles. The maximum absolute atomic E-state index is 11.9. The molecule has 2 rings (SSSR count). The molecule has 0 amide bonds. The molecule has 0 aliphatic rings. The van der Waals surface area contributed by atoms with Gasteiger partial charge in [0.1, 0.15) is 12.4 Å². The Labute approximate surface area is 192 Å². The second-order valence-corrected chi connectivity index (χ2v) is 7.25. The molecule has 0 radical (unpaired) electrons. The van der Waals surface area contributed by atoms with Gasteiger partial charge in [-0.25, -0.2) is 0 Å². The van der Waals surface area contributed by atoms with E-state index >= 15 is 0 Å². The van der Waals surface area contributed by atoms with Gasteiger partial charge in [0.25, 0.3) is 11.4 Å². The number of hydrogen-bond donors (Lipinski definition) is 0. The summed E-state index contributed by atoms with van der Waals surface area (Å²) < 4.78 is 10.1. The molecule has 166 valence electrons. The predicted octanol–water partition coefficient (Wildman–Crippen LogP) is 3.63. The molecule has 2 aromatic rings. The molecule has 0 saturated carbocycles. The van der Waals surface area contributed by atoms with Gasteiger partial charge >= 0.3 is 11.9 Å². The number of rotatable bonds is 6. The van der Waals surface area contributed by atoms with Crippen LogP contribution in [0.15, 0.2) is 33.7 Å². The number of carbonyl (C=O) groups excluding carboxylic acids is 2. The summed E-state index contributed by atoms with van der Waals surface area (Å²) >= 11 is 6.20. The largest absolute Gasteiger partial charge is 0.468 e. The molecule has 1 atom stereocenters. The number of hydrogen-bond acceptors (Lipinski definition) is 10. The van der Waals surface area contributed by atoms with Crippen LogP contribution in [-0.2, 0) is 19.1 Å². The third-order valence-corrected chi connectivity index (χ3v) is 5.12. The van der Waals surface area contributed by atoms with E-state index in [2.05, 4.69) is 46.6 Å². The molecule has 0 saturated heterocycles. The number of halogens is 2. The molecule has 0 aromatic carbocycles. The topological polar surface area (TPSA) is 165 Å². The minimum Gasteiger partial charge on any atom is -0.468 e. The molecule has 1 unspecified atom stereocenters. The summed E-state index contributed by atoms with van der Waals surface area (Å²) in [7, 11) is 1.08. The molecule has 2 heterocycles. The zero-order chi connectivity index (χ0) is 23.7. The Bertz CT molecular complexity index is 1000. The van der Waals surface area contributed by atoms with Crippen molar-refractivity contribution in [1.82, 2.24) is 9.97 Å². The first-order valence-corrected chi connectivity index (χ1v) is 9.92. The van der Waals surface area contributed by atoms with Crippen molar-refractivity contribution in [2.45, 2.75) is 19.8 Å². The molecule has 14 heteroatoms. The first-order valence-electron chi connectivity index (χ1n) is 8.33. The highest BCUT2D eigenvalue weighted by atomic mass is 79.9. The van der Waals surface area contributed by atoms with Crippen LogP contribution in [0.5, 0.6) is 0 Å². The van der Waals surface area contributed by atoms with E-state index in [9.17, 15) is 29.8 Å². The summed E-state index contributed by atoms with van der Waals surface area (Å²) in [5.74, 6) is -3.41. The van der Waals surface area contributed by atoms with Crippen molar-refractivity contribution < 1.29 is 28.9 Å². The summed E-state index contributed by atoms with van der Waals surface area (Å²) in [5, 5.41) is 21.3. The van der Waals surface area contributed by atoms with Gasteiger partial charge in [-0.15, -0.1) is 0 Å². The second-order valence-electron chi connectivity index (χ2n) is 5.54. The summed E-state index contributed by atoms with van der Waals surface area (Å²) in [6.45, 7) is 3.26. The summed E-state index contributed by atoms with van der Waals surface area (Å²) in [6.07, 6.45) is 4.97. The van der Waals surface area contributed by atoms with Crippen LogP contribution in [0.1, 0.15) is 24.0 Å². The maximum atomic E-state index is 11.9. The monoisotopic (exact) mass is 562 g/mol. The van der Waals surface area contributed by atoms with Crippen molar-refractivity contribution >= 4 is 55.2 Å². The van der Waals surface area contributed by atoms with Crippen molar-refractivity contribution in [1.29, 1.82) is 0 Å². The Morgan fingerprint density at radius 2 is 1.52 bits per heavy atom. The highest BCUT2D eigenvalue weighted by Gasteiger charge is 2.38. The van der Waals surface area contributed by atoms with Crippen LogP contribution in [0.3, 0.4) is 0 Å². The lowest BCUT2D eigenvalue weighted by Gasteiger charge is -2.14. The van der Waals surface area contributed by atoms with E-state index in [1.165, 1.54) is 18.6 Å². The van der Waals surface area contributed by atoms with Crippen LogP contribution in [0, 0.1) is 27.2 Å². The zero-order valence-electron chi connectivity index (χ0n) is 16.4. The molecule has 0 bridgehead atoms. The number of pyridine rings is 2. The van der Waals surface area contributed by atoms with Gasteiger partial charge in [-0.2, -0.15) is 0 Å². The fraction of sp³-hybridized carbons (Fsp3) is 0.294. The predicted molar refractivity (Wildman–Crippen MR) is 113 cm³/mol. The molecule has 0 N–H and O–H groups in total. The lowest BCUT2D eigenvalue weighted by molar-refractivity contribution is -0.386. The number of carbonyl (C=O) groups is 2. The Balaban J connectivity index is 0.000000367. The highest BCUT2D eigenvalue weighted by molar-refractivity contribution is 9.10. The summed E-state index contributed by atoms with van der Waals surface area (Å²) in [5.41, 5.74) is 0.0301. The van der Waals surface area contributed by atoms with Crippen LogP contribution >= 0.6 is 31.9 Å². The Morgan fingerprint density at radius 3 is 1.97 bits per heavy atom. The van der Waals surface area contributed by atoms with E-state index in [1.807, 2.05) is 0 Å². The third kappa shape index (κ3) is 6.75. The molecule has 31 heavy (non-hydrogen) atoms. The van der Waals surface area contributed by atoms with Gasteiger partial charge in [-0.3, -0.25) is 39.8 Å². The third-order valence-electron chi connectivity index (χ3n) is 3.69. The number of ether oxygens (including phenoxy) is 2. The van der Waals surface area contributed by atoms with Crippen molar-refractivity contribution in [3.05, 3.63) is 65.1 Å². The van der Waals surface area contributed by atoms with Crippen molar-refractivity contribution in [2.75, 3.05) is 13.7 Å². The number of esters is 2. The second kappa shape index (κ2) is 12.0. The van der Waals surface area contributed by atoms with Gasteiger partial charge in [0.2, 0.25) is 0 Å². The fourth-order valence-electron chi connectivity index (χ4n) is 2.21. The van der Waals surface area contributed by atoms with E-state index < -0.39 is 33.4 Å². The van der Waals surface area contributed by atoms with Crippen molar-refractivity contribution in [2.24, 2.45) is 0 Å². The van der Waals surface area contributed by atoms with Crippen molar-refractivity contribution in [3.63, 3.8) is 0 Å². The van der Waals surface area contributed by atoms with Gasteiger partial charge in [-0.05, 0) is 45.7 Å². The molecular formula is C17H16Br2N4O8. The first kappa shape index (κ1) is 26.0. The van der Waals surface area contributed by atoms with Gasteiger partial charge in [0.15, 0.2) is 5.92 Å². The number of methoxy groups -OCH3 is 1. The average molecular weight is 564 g/mol. The average Bonchev–Trinajstić information content (AvgIpc) is 2.71. The van der Waals surface area contributed by atoms with Crippen LogP contribution in [0.25, 0.3) is 0 Å². The number of aromatic nitrogens is 2. The standard InChI is InChI=1S/C11H11BrN2O6.C6H5BrN2O2/c1-3-20-11(16)9(10(15)19-2)8-6(12)4-13-5-7(8)14(17)18;1-4-5(7)2-8-3-6(4)9(10)11/h4-5,9H,3H2,1-2H3;2-3H,1H3. The quantitative estimate of drug-likeness (QED) is 0.219. The Kier molecular flexibility index (Phi) is 10.1. The smallest absolute Gasteiger partial charge is 0.325 e. The van der Waals surface area contributed by atoms with E-state index in [0.29, 0.717) is 10.0 Å². The normalized spacial score (nSPS) is 10.9. The van der Waals surface area contributed by atoms with Gasteiger partial charge in [0.05, 0.1) is 29.1 Å². The number of nitrogens with zero attached hydrogens (tertiary/aromatic N) is 4. The zero-order valence-corrected chi connectivity index (χ0v) is 19.6. The van der Waals surface area contributed by atoms with Gasteiger partial charge in [-0.1, -0.05) is 0 Å². The molecule has 12 nitrogen and oxygen atoms in total. The lowest BCUT2D eigenvalue weighted by atomic mass is 9.99. The highest BCUT2D eigenvalue weighted by Crippen LogP contribution is 2.34. The fourth-order valence-corrected chi connectivity index (χ4v) is 3.09. The summed E-state index contributed by atoms with van der Waals surface area (Å²) in [6, 6.07) is 0. The van der Waals surface area contributed by atoms with Crippen LogP contribution < -0.4 is 0 Å². The van der Waals surface area contributed by atoms with Crippen molar-refractivity contribution in [3.8, 4) is 0 Å². The minimum absolute atomic E-state index is 0.0306. The van der Waals surface area contributed by atoms with Crippen LogP contribution in [-0.4, -0.2) is 45.5 Å². The maximum Gasteiger partial charge on any atom is 0.325 e. The van der Waals surface area contributed by atoms with E-state index in [1.54, 1.807) is 13.8 Å². The summed E-state index contributed by atoms with van der Waals surface area (Å²) in [4.78, 5) is 51.1. The Morgan fingerprint density at radius 1 is 1.00 bits per heavy atom. The van der Waals surface area contributed by atoms with Crippen LogP contribution in [0.4, 0.5) is 11.4 Å². The lowest BCUT2D eigenvalue weighted by Crippen LogP contribution is -2.26. The molecular weight excluding hydrogens is 548 g/mol. The minimum atomic E-state index is -1.54. The molecule has 0 aliphatic heterocycles. The van der Waals surface area contributed by atoms with Gasteiger partial charge < -0.3 is 9.47 Å². The molecule has 0 aliphatic carbocycles. The van der Waals surface area contributed by atoms with Crippen LogP contribution in [0.2, 0.25) is 0 Å². The van der Waals surface area contributed by atoms with E-state index in [-0.39, 0.29) is 22.3 Å². The molecule has 0 spiro atoms. The Hall–Kier alpha value is -3.00. The number of nitro groups is 2. The first-order chi connectivity index (χ1) is 14.6. The van der Waals surface area contributed by atoms with E-state index in [4.69, 9.17) is 4.74 Å². The van der Waals surface area contributed by atoms with Gasteiger partial charge in [0, 0.05) is 26.9 Å². The van der Waals surface area contributed by atoms with E-state index in [0.717, 1.165) is 13.3 Å².